The first kappa shape index (κ1) is 9.83. The maximum atomic E-state index is 11.6. The van der Waals surface area contributed by atoms with E-state index in [-0.39, 0.29) is 11.8 Å². The first-order valence-corrected chi connectivity index (χ1v) is 5.00. The number of nitrogens with two attached hydrogens (primary N) is 1. The summed E-state index contributed by atoms with van der Waals surface area (Å²) in [6, 6.07) is 7.54. The molecule has 1 amide bonds. The number of hydrogen-bond acceptors (Lipinski definition) is 3. The van der Waals surface area contributed by atoms with E-state index in [2.05, 4.69) is 0 Å². The zero-order valence-corrected chi connectivity index (χ0v) is 8.97. The average Bonchev–Trinajstić information content (AvgIpc) is 2.47. The molecular weight excluding hydrogens is 190 g/mol. The minimum absolute atomic E-state index is 0.0625. The van der Waals surface area contributed by atoms with E-state index < -0.39 is 0 Å². The van der Waals surface area contributed by atoms with Crippen LogP contribution in [0, 0.1) is 5.92 Å². The second-order valence-corrected chi connectivity index (χ2v) is 3.94. The molecule has 0 radical (unpaired) electrons. The molecule has 1 aromatic rings. The predicted molar refractivity (Wildman–Crippen MR) is 60.1 cm³/mol. The molecule has 0 aromatic heterocycles. The summed E-state index contributed by atoms with van der Waals surface area (Å²) in [5.74, 6) is 0.222. The molecule has 0 saturated carbocycles. The van der Waals surface area contributed by atoms with Gasteiger partial charge in [0.05, 0.1) is 18.2 Å². The smallest absolute Gasteiger partial charge is 0.245 e. The van der Waals surface area contributed by atoms with Gasteiger partial charge in [0, 0.05) is 12.7 Å². The maximum absolute atomic E-state index is 11.6. The van der Waals surface area contributed by atoms with Crippen LogP contribution in [0.3, 0.4) is 0 Å². The molecule has 15 heavy (non-hydrogen) atoms. The molecule has 2 N–H and O–H groups in total. The van der Waals surface area contributed by atoms with Crippen LogP contribution < -0.4 is 10.7 Å². The number of carbonyl (C=O) groups is 1. The number of rotatable bonds is 1. The summed E-state index contributed by atoms with van der Waals surface area (Å²) in [5.41, 5.74) is 7.36. The molecule has 0 aliphatic carbocycles. The molecule has 1 aliphatic heterocycles. The molecule has 4 nitrogen and oxygen atoms in total. The van der Waals surface area contributed by atoms with E-state index in [4.69, 9.17) is 5.73 Å². The molecular formula is C11H15N3O. The molecule has 1 atom stereocenters. The molecule has 0 bridgehead atoms. The minimum atomic E-state index is 0.0625. The van der Waals surface area contributed by atoms with E-state index in [0.717, 1.165) is 17.9 Å². The van der Waals surface area contributed by atoms with Gasteiger partial charge >= 0.3 is 0 Å². The summed E-state index contributed by atoms with van der Waals surface area (Å²) < 4.78 is 0. The van der Waals surface area contributed by atoms with Crippen molar-refractivity contribution in [2.24, 2.45) is 5.92 Å². The van der Waals surface area contributed by atoms with E-state index in [9.17, 15) is 4.79 Å². The topological polar surface area (TPSA) is 49.6 Å². The van der Waals surface area contributed by atoms with Crippen molar-refractivity contribution in [3.8, 4) is 0 Å². The van der Waals surface area contributed by atoms with Crippen LogP contribution in [0.4, 0.5) is 11.4 Å². The first-order chi connectivity index (χ1) is 7.09. The van der Waals surface area contributed by atoms with Crippen LogP contribution in [0.5, 0.6) is 0 Å². The highest BCUT2D eigenvalue weighted by Gasteiger charge is 2.32. The van der Waals surface area contributed by atoms with Gasteiger partial charge in [0.25, 0.3) is 0 Å². The monoisotopic (exact) mass is 205 g/mol. The molecule has 1 unspecified atom stereocenters. The van der Waals surface area contributed by atoms with Crippen molar-refractivity contribution in [1.82, 2.24) is 5.01 Å². The lowest BCUT2D eigenvalue weighted by Gasteiger charge is -2.25. The third-order valence-electron chi connectivity index (χ3n) is 2.74. The van der Waals surface area contributed by atoms with E-state index in [0.29, 0.717) is 0 Å². The summed E-state index contributed by atoms with van der Waals surface area (Å²) in [6.07, 6.45) is 0. The van der Waals surface area contributed by atoms with Gasteiger partial charge in [0.2, 0.25) is 5.91 Å². The van der Waals surface area contributed by atoms with E-state index in [1.807, 2.05) is 36.2 Å². The molecule has 2 rings (SSSR count). The quantitative estimate of drug-likeness (QED) is 0.698. The lowest BCUT2D eigenvalue weighted by Crippen LogP contribution is -2.35. The van der Waals surface area contributed by atoms with E-state index >= 15 is 0 Å². The van der Waals surface area contributed by atoms with Crippen LogP contribution in [0.15, 0.2) is 24.3 Å². The Labute approximate surface area is 89.2 Å². The number of carbonyl (C=O) groups excluding carboxylic acids is 1. The second kappa shape index (κ2) is 3.46. The Balaban J connectivity index is 2.25. The number of amides is 1. The molecule has 1 saturated heterocycles. The third kappa shape index (κ3) is 1.63. The summed E-state index contributed by atoms with van der Waals surface area (Å²) in [5, 5.41) is 3.63. The molecule has 1 fully saturated rings. The SMILES string of the molecule is CC1CN(c2ccc(N)cc2)N(C)C1=O. The Bertz CT molecular complexity index is 374. The van der Waals surface area contributed by atoms with E-state index in [1.54, 1.807) is 12.1 Å². The fourth-order valence-corrected chi connectivity index (χ4v) is 1.82. The summed E-state index contributed by atoms with van der Waals surface area (Å²) in [6.45, 7) is 2.68. The molecule has 1 aliphatic rings. The number of hydrogen-bond donors (Lipinski definition) is 1. The summed E-state index contributed by atoms with van der Waals surface area (Å²) in [4.78, 5) is 11.6. The molecule has 0 spiro atoms. The van der Waals surface area contributed by atoms with Crippen molar-refractivity contribution in [3.05, 3.63) is 24.3 Å². The van der Waals surface area contributed by atoms with Gasteiger partial charge in [-0.2, -0.15) is 0 Å². The Kier molecular flexibility index (Phi) is 2.26. The Morgan fingerprint density at radius 3 is 2.40 bits per heavy atom. The van der Waals surface area contributed by atoms with Gasteiger partial charge < -0.3 is 5.73 Å². The lowest BCUT2D eigenvalue weighted by molar-refractivity contribution is -0.129. The van der Waals surface area contributed by atoms with Crippen molar-refractivity contribution in [3.63, 3.8) is 0 Å². The second-order valence-electron chi connectivity index (χ2n) is 3.94. The van der Waals surface area contributed by atoms with Crippen LogP contribution in [0.2, 0.25) is 0 Å². The molecule has 1 aromatic carbocycles. The van der Waals surface area contributed by atoms with Crippen molar-refractivity contribution in [1.29, 1.82) is 0 Å². The highest BCUT2D eigenvalue weighted by molar-refractivity contribution is 5.83. The predicted octanol–water partition coefficient (Wildman–Crippen LogP) is 1.10. The molecule has 1 heterocycles. The Morgan fingerprint density at radius 2 is 1.93 bits per heavy atom. The third-order valence-corrected chi connectivity index (χ3v) is 2.74. The fourth-order valence-electron chi connectivity index (χ4n) is 1.82. The summed E-state index contributed by atoms with van der Waals surface area (Å²) in [7, 11) is 1.79. The van der Waals surface area contributed by atoms with Crippen LogP contribution >= 0.6 is 0 Å². The molecule has 4 heteroatoms. The Morgan fingerprint density at radius 1 is 1.33 bits per heavy atom. The zero-order chi connectivity index (χ0) is 11.0. The Hall–Kier alpha value is -1.71. The fraction of sp³-hybridized carbons (Fsp3) is 0.364. The number of nitrogens with zero attached hydrogens (tertiary/aromatic N) is 2. The highest BCUT2D eigenvalue weighted by Crippen LogP contribution is 2.24. The van der Waals surface area contributed by atoms with Gasteiger partial charge in [0.15, 0.2) is 0 Å². The van der Waals surface area contributed by atoms with Crippen LogP contribution in [0.1, 0.15) is 6.92 Å². The number of nitrogen functional groups attached to an aromatic ring is 1. The van der Waals surface area contributed by atoms with Gasteiger partial charge in [-0.05, 0) is 24.3 Å². The van der Waals surface area contributed by atoms with Crippen LogP contribution in [-0.4, -0.2) is 24.5 Å². The van der Waals surface area contributed by atoms with E-state index in [1.165, 1.54) is 0 Å². The zero-order valence-electron chi connectivity index (χ0n) is 8.97. The highest BCUT2D eigenvalue weighted by atomic mass is 16.2. The normalized spacial score (nSPS) is 21.2. The summed E-state index contributed by atoms with van der Waals surface area (Å²) >= 11 is 0. The number of benzene rings is 1. The largest absolute Gasteiger partial charge is 0.399 e. The number of hydrazine groups is 1. The lowest BCUT2D eigenvalue weighted by atomic mass is 10.2. The van der Waals surface area contributed by atoms with Gasteiger partial charge in [-0.25, -0.2) is 0 Å². The maximum Gasteiger partial charge on any atom is 0.245 e. The average molecular weight is 205 g/mol. The van der Waals surface area contributed by atoms with Crippen molar-refractivity contribution in [2.45, 2.75) is 6.92 Å². The van der Waals surface area contributed by atoms with Crippen molar-refractivity contribution >= 4 is 17.3 Å². The van der Waals surface area contributed by atoms with Gasteiger partial charge in [-0.1, -0.05) is 6.92 Å². The van der Waals surface area contributed by atoms with Crippen LogP contribution in [0.25, 0.3) is 0 Å². The van der Waals surface area contributed by atoms with Crippen molar-refractivity contribution in [2.75, 3.05) is 24.3 Å². The standard InChI is InChI=1S/C11H15N3O/c1-8-7-14(13(2)11(8)15)10-5-3-9(12)4-6-10/h3-6,8H,7,12H2,1-2H3. The first-order valence-electron chi connectivity index (χ1n) is 5.00. The van der Waals surface area contributed by atoms with Gasteiger partial charge in [-0.15, -0.1) is 0 Å². The van der Waals surface area contributed by atoms with Crippen LogP contribution in [-0.2, 0) is 4.79 Å². The molecule has 80 valence electrons. The minimum Gasteiger partial charge on any atom is -0.399 e. The number of anilines is 2. The van der Waals surface area contributed by atoms with Gasteiger partial charge in [0.1, 0.15) is 0 Å². The van der Waals surface area contributed by atoms with Gasteiger partial charge in [-0.3, -0.25) is 14.8 Å². The van der Waals surface area contributed by atoms with Crippen molar-refractivity contribution < 1.29 is 4.79 Å².